The molecule has 6 heteroatoms. The van der Waals surface area contributed by atoms with E-state index in [0.29, 0.717) is 23.1 Å². The quantitative estimate of drug-likeness (QED) is 0.784. The van der Waals surface area contributed by atoms with Crippen LogP contribution in [0.5, 0.6) is 0 Å². The van der Waals surface area contributed by atoms with Gasteiger partial charge in [-0.15, -0.1) is 0 Å². The number of carboxylic acids is 1. The van der Waals surface area contributed by atoms with Gasteiger partial charge in [0.1, 0.15) is 0 Å². The Balaban J connectivity index is 1.27. The molecule has 2 aromatic rings. The minimum atomic E-state index is -1.23. The summed E-state index contributed by atoms with van der Waals surface area (Å²) in [6.45, 7) is 0. The predicted octanol–water partition coefficient (Wildman–Crippen LogP) is 4.23. The third-order valence-corrected chi connectivity index (χ3v) is 9.62. The maximum absolute atomic E-state index is 13.3. The van der Waals surface area contributed by atoms with Gasteiger partial charge in [-0.2, -0.15) is 0 Å². The number of hydrogen-bond donors (Lipinski definition) is 1. The SMILES string of the molecule is O=C(O)c1nc2ccccc2n(C2C[C@H]3CC[C@@H](C2)N3C23CC4CC(CC(C4)C2)C3)c1=O. The van der Waals surface area contributed by atoms with Crippen LogP contribution in [-0.4, -0.2) is 43.1 Å². The van der Waals surface area contributed by atoms with Gasteiger partial charge in [0.15, 0.2) is 0 Å². The lowest BCUT2D eigenvalue weighted by atomic mass is 9.52. The zero-order valence-electron chi connectivity index (χ0n) is 18.4. The Labute approximate surface area is 187 Å². The summed E-state index contributed by atoms with van der Waals surface area (Å²) in [5.41, 5.74) is 0.988. The summed E-state index contributed by atoms with van der Waals surface area (Å²) in [5.74, 6) is 1.57. The number of hydrogen-bond acceptors (Lipinski definition) is 4. The smallest absolute Gasteiger partial charge is 0.360 e. The molecule has 0 amide bonds. The molecule has 1 unspecified atom stereocenters. The first-order valence-electron chi connectivity index (χ1n) is 12.5. The van der Waals surface area contributed by atoms with Crippen LogP contribution in [0.25, 0.3) is 11.0 Å². The van der Waals surface area contributed by atoms with Crippen LogP contribution >= 0.6 is 0 Å². The number of carbonyl (C=O) groups is 1. The molecule has 6 nitrogen and oxygen atoms in total. The highest BCUT2D eigenvalue weighted by Crippen LogP contribution is 2.61. The highest BCUT2D eigenvalue weighted by atomic mass is 16.4. The second kappa shape index (κ2) is 6.66. The molecule has 4 saturated carbocycles. The predicted molar refractivity (Wildman–Crippen MR) is 121 cm³/mol. The zero-order chi connectivity index (χ0) is 21.6. The van der Waals surface area contributed by atoms with Gasteiger partial charge < -0.3 is 9.67 Å². The Bertz CT molecular complexity index is 1120. The molecule has 168 valence electrons. The van der Waals surface area contributed by atoms with E-state index in [2.05, 4.69) is 9.88 Å². The van der Waals surface area contributed by atoms with Gasteiger partial charge in [-0.05, 0) is 94.1 Å². The van der Waals surface area contributed by atoms with E-state index in [9.17, 15) is 14.7 Å². The van der Waals surface area contributed by atoms with E-state index in [-0.39, 0.29) is 11.7 Å². The van der Waals surface area contributed by atoms with Crippen molar-refractivity contribution in [1.29, 1.82) is 0 Å². The average molecular weight is 434 g/mol. The highest BCUT2D eigenvalue weighted by Gasteiger charge is 2.58. The number of rotatable bonds is 3. The van der Waals surface area contributed by atoms with Gasteiger partial charge in [-0.3, -0.25) is 9.69 Å². The molecule has 32 heavy (non-hydrogen) atoms. The van der Waals surface area contributed by atoms with Gasteiger partial charge in [0, 0.05) is 23.7 Å². The number of benzene rings is 1. The summed E-state index contributed by atoms with van der Waals surface area (Å²) in [6.07, 6.45) is 12.9. The van der Waals surface area contributed by atoms with E-state index in [1.165, 1.54) is 51.4 Å². The number of piperidine rings is 1. The van der Waals surface area contributed by atoms with Crippen LogP contribution in [-0.2, 0) is 0 Å². The van der Waals surface area contributed by atoms with Crippen LogP contribution in [0.4, 0.5) is 0 Å². The van der Waals surface area contributed by atoms with Crippen molar-refractivity contribution in [2.24, 2.45) is 17.8 Å². The van der Waals surface area contributed by atoms with Crippen LogP contribution in [0.15, 0.2) is 29.1 Å². The Kier molecular flexibility index (Phi) is 4.01. The molecule has 6 aliphatic rings. The molecule has 2 aliphatic heterocycles. The number of para-hydroxylation sites is 2. The first-order valence-corrected chi connectivity index (χ1v) is 12.5. The number of fused-ring (bicyclic) bond motifs is 3. The fourth-order valence-electron chi connectivity index (χ4n) is 9.17. The molecule has 0 radical (unpaired) electrons. The summed E-state index contributed by atoms with van der Waals surface area (Å²) in [6, 6.07) is 8.59. The van der Waals surface area contributed by atoms with Gasteiger partial charge in [-0.25, -0.2) is 9.78 Å². The first kappa shape index (κ1) is 19.3. The van der Waals surface area contributed by atoms with Gasteiger partial charge in [-0.1, -0.05) is 12.1 Å². The summed E-state index contributed by atoms with van der Waals surface area (Å²) >= 11 is 0. The third-order valence-electron chi connectivity index (χ3n) is 9.62. The summed E-state index contributed by atoms with van der Waals surface area (Å²) in [5, 5.41) is 9.62. The minimum absolute atomic E-state index is 0.0520. The molecule has 3 heterocycles. The van der Waals surface area contributed by atoms with Crippen molar-refractivity contribution in [2.45, 2.75) is 87.9 Å². The second-order valence-electron chi connectivity index (χ2n) is 11.5. The lowest BCUT2D eigenvalue weighted by Crippen LogP contribution is -2.64. The maximum atomic E-state index is 13.3. The molecule has 8 rings (SSSR count). The normalized spacial score (nSPS) is 40.2. The largest absolute Gasteiger partial charge is 0.476 e. The lowest BCUT2D eigenvalue weighted by Gasteiger charge is -2.63. The first-order chi connectivity index (χ1) is 15.5. The molecule has 4 aliphatic carbocycles. The number of nitrogens with zero attached hydrogens (tertiary/aromatic N) is 3. The van der Waals surface area contributed by atoms with Crippen LogP contribution in [0.3, 0.4) is 0 Å². The van der Waals surface area contributed by atoms with Crippen molar-refractivity contribution < 1.29 is 9.90 Å². The fourth-order valence-corrected chi connectivity index (χ4v) is 9.17. The molecule has 1 aromatic heterocycles. The number of aromatic carboxylic acids is 1. The third kappa shape index (κ3) is 2.65. The fraction of sp³-hybridized carbons (Fsp3) is 0.654. The van der Waals surface area contributed by atoms with Crippen LogP contribution < -0.4 is 5.56 Å². The molecule has 3 atom stereocenters. The van der Waals surface area contributed by atoms with Gasteiger partial charge in [0.05, 0.1) is 11.0 Å². The highest BCUT2D eigenvalue weighted by molar-refractivity contribution is 5.88. The van der Waals surface area contributed by atoms with Crippen molar-refractivity contribution in [2.75, 3.05) is 0 Å². The molecular weight excluding hydrogens is 402 g/mol. The zero-order valence-corrected chi connectivity index (χ0v) is 18.4. The second-order valence-corrected chi connectivity index (χ2v) is 11.5. The topological polar surface area (TPSA) is 75.4 Å². The monoisotopic (exact) mass is 433 g/mol. The Morgan fingerprint density at radius 2 is 1.50 bits per heavy atom. The summed E-state index contributed by atoms with van der Waals surface area (Å²) in [7, 11) is 0. The lowest BCUT2D eigenvalue weighted by molar-refractivity contribution is -0.121. The van der Waals surface area contributed by atoms with Gasteiger partial charge >= 0.3 is 5.97 Å². The van der Waals surface area contributed by atoms with E-state index < -0.39 is 11.5 Å². The summed E-state index contributed by atoms with van der Waals surface area (Å²) < 4.78 is 1.79. The standard InChI is InChI=1S/C26H31N3O3/c30-24-23(25(31)32)27-21-3-1-2-4-22(21)28(24)20-10-18-5-6-19(11-20)29(18)26-12-15-7-16(13-26)9-17(8-15)14-26/h1-4,15-20H,5-14H2,(H,31,32)/t15?,16?,17?,18-,19+,20?,26?. The molecule has 6 bridgehead atoms. The van der Waals surface area contributed by atoms with Gasteiger partial charge in [0.2, 0.25) is 5.69 Å². The molecule has 0 spiro atoms. The van der Waals surface area contributed by atoms with Crippen LogP contribution in [0, 0.1) is 17.8 Å². The Morgan fingerprint density at radius 3 is 2.09 bits per heavy atom. The van der Waals surface area contributed by atoms with Crippen molar-refractivity contribution in [1.82, 2.24) is 14.5 Å². The Hall–Kier alpha value is -2.21. The van der Waals surface area contributed by atoms with E-state index in [1.54, 1.807) is 4.57 Å². The molecular formula is C26H31N3O3. The van der Waals surface area contributed by atoms with Crippen molar-refractivity contribution >= 4 is 17.0 Å². The van der Waals surface area contributed by atoms with E-state index >= 15 is 0 Å². The van der Waals surface area contributed by atoms with Crippen LogP contribution in [0.2, 0.25) is 0 Å². The molecule has 1 aromatic carbocycles. The van der Waals surface area contributed by atoms with Crippen LogP contribution in [0.1, 0.15) is 80.7 Å². The van der Waals surface area contributed by atoms with Crippen molar-refractivity contribution in [3.63, 3.8) is 0 Å². The molecule has 2 saturated heterocycles. The Morgan fingerprint density at radius 1 is 0.906 bits per heavy atom. The van der Waals surface area contributed by atoms with E-state index in [4.69, 9.17) is 0 Å². The van der Waals surface area contributed by atoms with E-state index in [0.717, 1.165) is 36.1 Å². The number of carboxylic acid groups (broad SMARTS) is 1. The minimum Gasteiger partial charge on any atom is -0.476 e. The molecule has 1 N–H and O–H groups in total. The average Bonchev–Trinajstić information content (AvgIpc) is 3.04. The molecule has 6 fully saturated rings. The number of aromatic nitrogens is 2. The van der Waals surface area contributed by atoms with Gasteiger partial charge in [0.25, 0.3) is 5.56 Å². The van der Waals surface area contributed by atoms with Crippen molar-refractivity contribution in [3.05, 3.63) is 40.3 Å². The maximum Gasteiger partial charge on any atom is 0.360 e. The van der Waals surface area contributed by atoms with E-state index in [1.807, 2.05) is 24.3 Å². The summed E-state index contributed by atoms with van der Waals surface area (Å²) in [4.78, 5) is 32.2. The van der Waals surface area contributed by atoms with Crippen molar-refractivity contribution in [3.8, 4) is 0 Å².